The summed E-state index contributed by atoms with van der Waals surface area (Å²) in [5.41, 5.74) is 3.56. The van der Waals surface area contributed by atoms with Crippen LogP contribution in [0.25, 0.3) is 0 Å². The summed E-state index contributed by atoms with van der Waals surface area (Å²) in [6.07, 6.45) is 4.65. The maximum Gasteiger partial charge on any atom is 0.164 e. The number of fused-ring (bicyclic) bond motifs is 3. The van der Waals surface area contributed by atoms with E-state index in [1.165, 1.54) is 18.4 Å². The van der Waals surface area contributed by atoms with E-state index in [0.717, 1.165) is 24.0 Å². The van der Waals surface area contributed by atoms with Crippen molar-refractivity contribution < 1.29 is 14.6 Å². The SMILES string of the molecule is CCOC1CC2C(C)(C)CCCC2(C)c2c1cc(C(C)C)c(OC)c2O. The van der Waals surface area contributed by atoms with Gasteiger partial charge in [0, 0.05) is 23.1 Å². The van der Waals surface area contributed by atoms with Gasteiger partial charge < -0.3 is 14.6 Å². The van der Waals surface area contributed by atoms with E-state index in [-0.39, 0.29) is 22.9 Å². The molecule has 3 atom stereocenters. The van der Waals surface area contributed by atoms with Crippen LogP contribution in [0, 0.1) is 11.3 Å². The van der Waals surface area contributed by atoms with Crippen LogP contribution >= 0.6 is 0 Å². The average Bonchev–Trinajstić information content (AvgIpc) is 2.55. The predicted octanol–water partition coefficient (Wildman–Crippen LogP) is 6.09. The monoisotopic (exact) mass is 360 g/mol. The van der Waals surface area contributed by atoms with Crippen molar-refractivity contribution in [3.05, 3.63) is 22.8 Å². The zero-order valence-electron chi connectivity index (χ0n) is 17.6. The number of phenolic OH excluding ortho intramolecular Hbond substituents is 1. The van der Waals surface area contributed by atoms with Gasteiger partial charge in [-0.1, -0.05) is 41.0 Å². The molecule has 0 spiro atoms. The lowest BCUT2D eigenvalue weighted by molar-refractivity contribution is -0.0367. The molecular weight excluding hydrogens is 324 g/mol. The van der Waals surface area contributed by atoms with Gasteiger partial charge >= 0.3 is 0 Å². The Morgan fingerprint density at radius 1 is 1.23 bits per heavy atom. The maximum absolute atomic E-state index is 11.3. The van der Waals surface area contributed by atoms with Gasteiger partial charge in [0.05, 0.1) is 13.2 Å². The Kier molecular flexibility index (Phi) is 5.07. The molecule has 2 aliphatic rings. The van der Waals surface area contributed by atoms with Crippen LogP contribution in [0.5, 0.6) is 11.5 Å². The summed E-state index contributed by atoms with van der Waals surface area (Å²) in [5, 5.41) is 11.3. The summed E-state index contributed by atoms with van der Waals surface area (Å²) < 4.78 is 11.9. The number of hydrogen-bond acceptors (Lipinski definition) is 3. The summed E-state index contributed by atoms with van der Waals surface area (Å²) in [6.45, 7) is 14.2. The third kappa shape index (κ3) is 2.83. The zero-order chi connectivity index (χ0) is 19.3. The number of methoxy groups -OCH3 is 1. The minimum Gasteiger partial charge on any atom is -0.504 e. The number of rotatable bonds is 4. The van der Waals surface area contributed by atoms with Gasteiger partial charge in [-0.3, -0.25) is 0 Å². The second-order valence-electron chi connectivity index (χ2n) is 9.46. The molecule has 1 saturated carbocycles. The van der Waals surface area contributed by atoms with E-state index in [1.54, 1.807) is 7.11 Å². The van der Waals surface area contributed by atoms with Gasteiger partial charge in [0.15, 0.2) is 11.5 Å². The number of ether oxygens (including phenoxy) is 2. The molecule has 146 valence electrons. The lowest BCUT2D eigenvalue weighted by Crippen LogP contribution is -2.49. The molecule has 26 heavy (non-hydrogen) atoms. The van der Waals surface area contributed by atoms with E-state index < -0.39 is 0 Å². The van der Waals surface area contributed by atoms with Crippen LogP contribution in [0.1, 0.15) is 95.9 Å². The van der Waals surface area contributed by atoms with E-state index in [2.05, 4.69) is 47.6 Å². The molecule has 3 heteroatoms. The highest BCUT2D eigenvalue weighted by atomic mass is 16.5. The Balaban J connectivity index is 2.29. The largest absolute Gasteiger partial charge is 0.504 e. The minimum atomic E-state index is -0.0302. The maximum atomic E-state index is 11.3. The van der Waals surface area contributed by atoms with Crippen LogP contribution in [0.2, 0.25) is 0 Å². The third-order valence-electron chi connectivity index (χ3n) is 7.11. The number of hydrogen-bond donors (Lipinski definition) is 1. The van der Waals surface area contributed by atoms with Crippen LogP contribution in [-0.2, 0) is 10.2 Å². The van der Waals surface area contributed by atoms with Crippen LogP contribution in [0.3, 0.4) is 0 Å². The first kappa shape index (κ1) is 19.5. The standard InChI is InChI=1S/C23H36O3/c1-8-26-17-13-18-22(4,5)10-9-11-23(18,6)19-16(17)12-15(14(2)3)21(25-7)20(19)24/h12,14,17-18,24H,8-11,13H2,1-7H3. The van der Waals surface area contributed by atoms with Crippen molar-refractivity contribution in [1.29, 1.82) is 0 Å². The second-order valence-corrected chi connectivity index (χ2v) is 9.46. The molecule has 0 aliphatic heterocycles. The molecule has 2 aliphatic carbocycles. The van der Waals surface area contributed by atoms with Crippen molar-refractivity contribution in [2.24, 2.45) is 11.3 Å². The fraction of sp³-hybridized carbons (Fsp3) is 0.739. The second kappa shape index (κ2) is 6.74. The van der Waals surface area contributed by atoms with Gasteiger partial charge in [0.2, 0.25) is 0 Å². The summed E-state index contributed by atoms with van der Waals surface area (Å²) in [4.78, 5) is 0. The molecule has 3 nitrogen and oxygen atoms in total. The quantitative estimate of drug-likeness (QED) is 0.706. The Morgan fingerprint density at radius 3 is 2.50 bits per heavy atom. The zero-order valence-corrected chi connectivity index (χ0v) is 17.6. The molecule has 1 aromatic carbocycles. The van der Waals surface area contributed by atoms with Crippen molar-refractivity contribution >= 4 is 0 Å². The topological polar surface area (TPSA) is 38.7 Å². The van der Waals surface area contributed by atoms with Gasteiger partial charge in [-0.2, -0.15) is 0 Å². The Hall–Kier alpha value is -1.22. The number of phenols is 1. The Labute approximate surface area is 159 Å². The summed E-state index contributed by atoms with van der Waals surface area (Å²) in [5.74, 6) is 1.78. The van der Waals surface area contributed by atoms with E-state index in [9.17, 15) is 5.11 Å². The van der Waals surface area contributed by atoms with E-state index in [4.69, 9.17) is 9.47 Å². The van der Waals surface area contributed by atoms with Gasteiger partial charge in [-0.25, -0.2) is 0 Å². The Bertz CT molecular complexity index is 677. The Morgan fingerprint density at radius 2 is 1.92 bits per heavy atom. The number of benzene rings is 1. The number of aromatic hydroxyl groups is 1. The van der Waals surface area contributed by atoms with Crippen molar-refractivity contribution in [1.82, 2.24) is 0 Å². The molecule has 1 N–H and O–H groups in total. The lowest BCUT2D eigenvalue weighted by atomic mass is 9.49. The minimum absolute atomic E-state index is 0.0302. The van der Waals surface area contributed by atoms with E-state index >= 15 is 0 Å². The summed E-state index contributed by atoms with van der Waals surface area (Å²) >= 11 is 0. The molecule has 0 aromatic heterocycles. The normalized spacial score (nSPS) is 30.0. The van der Waals surface area contributed by atoms with Gasteiger partial charge in [-0.05, 0) is 55.1 Å². The molecule has 0 radical (unpaired) electrons. The van der Waals surface area contributed by atoms with Crippen LogP contribution in [0.15, 0.2) is 6.07 Å². The van der Waals surface area contributed by atoms with Crippen molar-refractivity contribution in [3.63, 3.8) is 0 Å². The molecule has 3 unspecified atom stereocenters. The van der Waals surface area contributed by atoms with E-state index in [1.807, 2.05) is 0 Å². The van der Waals surface area contributed by atoms with Gasteiger partial charge in [0.25, 0.3) is 0 Å². The van der Waals surface area contributed by atoms with Gasteiger partial charge in [-0.15, -0.1) is 0 Å². The molecule has 0 saturated heterocycles. The fourth-order valence-electron chi connectivity index (χ4n) is 5.89. The molecule has 0 heterocycles. The first-order chi connectivity index (χ1) is 12.2. The first-order valence-electron chi connectivity index (χ1n) is 10.2. The van der Waals surface area contributed by atoms with Crippen molar-refractivity contribution in [3.8, 4) is 11.5 Å². The van der Waals surface area contributed by atoms with Crippen molar-refractivity contribution in [2.75, 3.05) is 13.7 Å². The van der Waals surface area contributed by atoms with Crippen LogP contribution in [0.4, 0.5) is 0 Å². The third-order valence-corrected chi connectivity index (χ3v) is 7.11. The molecule has 0 bridgehead atoms. The molecule has 0 amide bonds. The smallest absolute Gasteiger partial charge is 0.164 e. The molecular formula is C23H36O3. The first-order valence-corrected chi connectivity index (χ1v) is 10.2. The highest BCUT2D eigenvalue weighted by molar-refractivity contribution is 5.60. The summed E-state index contributed by atoms with van der Waals surface area (Å²) in [6, 6.07) is 2.25. The van der Waals surface area contributed by atoms with Crippen LogP contribution < -0.4 is 4.74 Å². The highest BCUT2D eigenvalue weighted by Gasteiger charge is 2.53. The summed E-state index contributed by atoms with van der Waals surface area (Å²) in [7, 11) is 1.67. The van der Waals surface area contributed by atoms with Gasteiger partial charge in [0.1, 0.15) is 0 Å². The highest BCUT2D eigenvalue weighted by Crippen LogP contribution is 2.63. The van der Waals surface area contributed by atoms with Crippen molar-refractivity contribution in [2.45, 2.75) is 84.7 Å². The van der Waals surface area contributed by atoms with E-state index in [0.29, 0.717) is 24.0 Å². The molecule has 1 fully saturated rings. The predicted molar refractivity (Wildman–Crippen MR) is 106 cm³/mol. The van der Waals surface area contributed by atoms with Crippen LogP contribution in [-0.4, -0.2) is 18.8 Å². The lowest BCUT2D eigenvalue weighted by Gasteiger charge is -2.56. The average molecular weight is 361 g/mol. The molecule has 1 aromatic rings. The molecule has 3 rings (SSSR count). The fourth-order valence-corrected chi connectivity index (χ4v) is 5.89.